The predicted molar refractivity (Wildman–Crippen MR) is 59.3 cm³/mol. The summed E-state index contributed by atoms with van der Waals surface area (Å²) in [6.07, 6.45) is 6.04. The molecule has 0 amide bonds. The molecule has 15 heavy (non-hydrogen) atoms. The van der Waals surface area contributed by atoms with E-state index in [2.05, 4.69) is 11.6 Å². The van der Waals surface area contributed by atoms with Crippen LogP contribution in [0.5, 0.6) is 0 Å². The quantitative estimate of drug-likeness (QED) is 0.728. The normalized spacial score (nSPS) is 12.6. The van der Waals surface area contributed by atoms with E-state index < -0.39 is 6.10 Å². The van der Waals surface area contributed by atoms with E-state index in [-0.39, 0.29) is 0 Å². The Morgan fingerprint density at radius 3 is 3.13 bits per heavy atom. The lowest BCUT2D eigenvalue weighted by Crippen LogP contribution is -1.92. The van der Waals surface area contributed by atoms with Crippen LogP contribution >= 0.6 is 11.3 Å². The van der Waals surface area contributed by atoms with Gasteiger partial charge in [-0.15, -0.1) is 17.9 Å². The summed E-state index contributed by atoms with van der Waals surface area (Å²) >= 11 is 1.53. The number of rotatable bonds is 4. The summed E-state index contributed by atoms with van der Waals surface area (Å²) in [6, 6.07) is 3.85. The van der Waals surface area contributed by atoms with Crippen molar-refractivity contribution in [1.29, 1.82) is 0 Å². The van der Waals surface area contributed by atoms with Gasteiger partial charge in [-0.25, -0.2) is 10.1 Å². The highest BCUT2D eigenvalue weighted by Gasteiger charge is 2.08. The summed E-state index contributed by atoms with van der Waals surface area (Å²) in [5.41, 5.74) is 0. The van der Waals surface area contributed by atoms with Gasteiger partial charge >= 0.3 is 0 Å². The van der Waals surface area contributed by atoms with E-state index >= 15 is 0 Å². The molecule has 0 aromatic carbocycles. The largest absolute Gasteiger partial charge is 0.332 e. The Labute approximate surface area is 92.3 Å². The molecule has 1 unspecified atom stereocenters. The van der Waals surface area contributed by atoms with Crippen molar-refractivity contribution < 1.29 is 5.11 Å². The molecule has 0 aliphatic rings. The Morgan fingerprint density at radius 1 is 1.60 bits per heavy atom. The first-order valence-corrected chi connectivity index (χ1v) is 5.44. The first kappa shape index (κ1) is 10.1. The second-order valence-corrected chi connectivity index (χ2v) is 4.40. The molecule has 0 aliphatic heterocycles. The van der Waals surface area contributed by atoms with E-state index in [1.165, 1.54) is 17.4 Å². The van der Waals surface area contributed by atoms with Crippen LogP contribution in [-0.4, -0.2) is 9.55 Å². The van der Waals surface area contributed by atoms with Crippen LogP contribution in [0.2, 0.25) is 0 Å². The predicted octanol–water partition coefficient (Wildman–Crippen LogP) is 2.65. The molecular formula is C11H11N2OS. The average Bonchev–Trinajstić information content (AvgIpc) is 2.88. The first-order chi connectivity index (χ1) is 7.29. The molecule has 0 saturated carbocycles. The summed E-state index contributed by atoms with van der Waals surface area (Å²) in [4.78, 5) is 5.94. The number of thiophene rings is 1. The third kappa shape index (κ3) is 2.34. The number of imidazole rings is 1. The summed E-state index contributed by atoms with van der Waals surface area (Å²) < 4.78 is 1.98. The Morgan fingerprint density at radius 2 is 2.47 bits per heavy atom. The second kappa shape index (κ2) is 4.42. The highest BCUT2D eigenvalue weighted by molar-refractivity contribution is 7.12. The Bertz CT molecular complexity index is 433. The topological polar surface area (TPSA) is 37.7 Å². The summed E-state index contributed by atoms with van der Waals surface area (Å²) in [5, 5.41) is 11.4. The van der Waals surface area contributed by atoms with E-state index in [9.17, 15) is 5.11 Å². The highest BCUT2D eigenvalue weighted by Crippen LogP contribution is 2.24. The molecular weight excluding hydrogens is 208 g/mol. The minimum atomic E-state index is -0.800. The molecule has 3 nitrogen and oxygen atoms in total. The van der Waals surface area contributed by atoms with Crippen molar-refractivity contribution in [3.05, 3.63) is 53.3 Å². The van der Waals surface area contributed by atoms with Gasteiger partial charge in [0, 0.05) is 22.1 Å². The van der Waals surface area contributed by atoms with Gasteiger partial charge in [-0.2, -0.15) is 0 Å². The average molecular weight is 219 g/mol. The van der Waals surface area contributed by atoms with Crippen molar-refractivity contribution in [2.75, 3.05) is 0 Å². The SMILES string of the molecule is C=CC([O])c1ccc(Cn2ccnc2)s1. The lowest BCUT2D eigenvalue weighted by molar-refractivity contribution is 0.135. The van der Waals surface area contributed by atoms with Crippen LogP contribution in [0, 0.1) is 0 Å². The van der Waals surface area contributed by atoms with Crippen molar-refractivity contribution in [2.45, 2.75) is 12.6 Å². The van der Waals surface area contributed by atoms with E-state index in [1.807, 2.05) is 22.9 Å². The van der Waals surface area contributed by atoms with E-state index in [4.69, 9.17) is 0 Å². The maximum Gasteiger partial charge on any atom is 0.145 e. The van der Waals surface area contributed by atoms with Crippen LogP contribution in [0.1, 0.15) is 15.9 Å². The lowest BCUT2D eigenvalue weighted by atomic mass is 10.3. The molecule has 0 bridgehead atoms. The minimum absolute atomic E-state index is 0.772. The first-order valence-electron chi connectivity index (χ1n) is 4.62. The van der Waals surface area contributed by atoms with Gasteiger partial charge in [-0.3, -0.25) is 0 Å². The van der Waals surface area contributed by atoms with E-state index in [0.717, 1.165) is 16.3 Å². The van der Waals surface area contributed by atoms with Gasteiger partial charge in [0.1, 0.15) is 6.10 Å². The van der Waals surface area contributed by atoms with Crippen molar-refractivity contribution in [1.82, 2.24) is 9.55 Å². The van der Waals surface area contributed by atoms with E-state index in [1.54, 1.807) is 12.5 Å². The molecule has 2 aromatic rings. The van der Waals surface area contributed by atoms with Crippen LogP contribution in [0.4, 0.5) is 0 Å². The zero-order chi connectivity index (χ0) is 10.7. The van der Waals surface area contributed by atoms with Crippen molar-refractivity contribution >= 4 is 11.3 Å². The second-order valence-electron chi connectivity index (χ2n) is 3.20. The standard InChI is InChI=1S/C11H11N2OS/c1-2-10(14)11-4-3-9(15-11)7-13-6-5-12-8-13/h2-6,8,10H,1,7H2. The van der Waals surface area contributed by atoms with E-state index in [0.29, 0.717) is 0 Å². The number of hydrogen-bond donors (Lipinski definition) is 0. The van der Waals surface area contributed by atoms with Gasteiger partial charge in [-0.1, -0.05) is 6.08 Å². The Kier molecular flexibility index (Phi) is 2.99. The Balaban J connectivity index is 2.10. The molecule has 2 rings (SSSR count). The monoisotopic (exact) mass is 219 g/mol. The third-order valence-corrected chi connectivity index (χ3v) is 3.21. The fourth-order valence-corrected chi connectivity index (χ4v) is 2.31. The van der Waals surface area contributed by atoms with Crippen molar-refractivity contribution in [3.8, 4) is 0 Å². The zero-order valence-electron chi connectivity index (χ0n) is 8.17. The van der Waals surface area contributed by atoms with Gasteiger partial charge in [0.05, 0.1) is 12.9 Å². The molecule has 77 valence electrons. The summed E-state index contributed by atoms with van der Waals surface area (Å²) in [7, 11) is 0. The fraction of sp³-hybridized carbons (Fsp3) is 0.182. The molecule has 0 saturated heterocycles. The highest BCUT2D eigenvalue weighted by atomic mass is 32.1. The zero-order valence-corrected chi connectivity index (χ0v) is 8.98. The lowest BCUT2D eigenvalue weighted by Gasteiger charge is -1.98. The molecule has 0 spiro atoms. The van der Waals surface area contributed by atoms with Crippen LogP contribution < -0.4 is 0 Å². The molecule has 2 heterocycles. The number of hydrogen-bond acceptors (Lipinski definition) is 2. The summed E-state index contributed by atoms with van der Waals surface area (Å²) in [6.45, 7) is 4.27. The van der Waals surface area contributed by atoms with Gasteiger partial charge in [0.25, 0.3) is 0 Å². The fourth-order valence-electron chi connectivity index (χ4n) is 1.31. The van der Waals surface area contributed by atoms with Crippen LogP contribution in [0.25, 0.3) is 0 Å². The number of nitrogens with zero attached hydrogens (tertiary/aromatic N) is 2. The third-order valence-electron chi connectivity index (χ3n) is 2.07. The van der Waals surface area contributed by atoms with Crippen molar-refractivity contribution in [2.24, 2.45) is 0 Å². The maximum atomic E-state index is 11.4. The maximum absolute atomic E-state index is 11.4. The molecule has 1 atom stereocenters. The molecule has 0 aliphatic carbocycles. The molecule has 0 fully saturated rings. The van der Waals surface area contributed by atoms with Crippen LogP contribution in [0.3, 0.4) is 0 Å². The minimum Gasteiger partial charge on any atom is -0.332 e. The van der Waals surface area contributed by atoms with Gasteiger partial charge in [0.15, 0.2) is 0 Å². The smallest absolute Gasteiger partial charge is 0.145 e. The molecule has 4 heteroatoms. The number of aromatic nitrogens is 2. The van der Waals surface area contributed by atoms with Crippen molar-refractivity contribution in [3.63, 3.8) is 0 Å². The van der Waals surface area contributed by atoms with Gasteiger partial charge < -0.3 is 4.57 Å². The summed E-state index contributed by atoms with van der Waals surface area (Å²) in [5.74, 6) is 0. The van der Waals surface area contributed by atoms with Crippen LogP contribution in [0.15, 0.2) is 43.5 Å². The van der Waals surface area contributed by atoms with Crippen LogP contribution in [-0.2, 0) is 11.7 Å². The Hall–Kier alpha value is -1.39. The molecule has 1 radical (unpaired) electrons. The van der Waals surface area contributed by atoms with Gasteiger partial charge in [0.2, 0.25) is 0 Å². The van der Waals surface area contributed by atoms with Gasteiger partial charge in [-0.05, 0) is 12.1 Å². The molecule has 2 aromatic heterocycles. The molecule has 0 N–H and O–H groups in total.